The molecule has 4 nitrogen and oxygen atoms in total. The molecule has 28 heavy (non-hydrogen) atoms. The zero-order valence-corrected chi connectivity index (χ0v) is 18.5. The second-order valence-corrected chi connectivity index (χ2v) is 10.5. The van der Waals surface area contributed by atoms with Crippen molar-refractivity contribution in [3.63, 3.8) is 0 Å². The van der Waals surface area contributed by atoms with E-state index in [-0.39, 0.29) is 11.7 Å². The summed E-state index contributed by atoms with van der Waals surface area (Å²) in [5, 5.41) is 0. The van der Waals surface area contributed by atoms with Crippen LogP contribution in [-0.4, -0.2) is 56.7 Å². The van der Waals surface area contributed by atoms with E-state index in [0.29, 0.717) is 29.5 Å². The highest BCUT2D eigenvalue weighted by atomic mass is 16.7. The first-order valence-corrected chi connectivity index (χ1v) is 11.6. The Bertz CT molecular complexity index is 572. The molecule has 2 aliphatic carbocycles. The summed E-state index contributed by atoms with van der Waals surface area (Å²) in [5.74, 6) is 1.21. The van der Waals surface area contributed by atoms with E-state index >= 15 is 0 Å². The van der Waals surface area contributed by atoms with Crippen LogP contribution in [-0.2, 0) is 14.2 Å². The Morgan fingerprint density at radius 3 is 2.64 bits per heavy atom. The maximum absolute atomic E-state index is 6.34. The first-order chi connectivity index (χ1) is 13.3. The summed E-state index contributed by atoms with van der Waals surface area (Å²) >= 11 is 0. The molecule has 0 aromatic rings. The van der Waals surface area contributed by atoms with Crippen molar-refractivity contribution in [2.24, 2.45) is 22.7 Å². The van der Waals surface area contributed by atoms with Crippen LogP contribution in [0.3, 0.4) is 0 Å². The maximum Gasteiger partial charge on any atom is 0.155 e. The molecule has 4 heteroatoms. The molecule has 0 aromatic heterocycles. The van der Waals surface area contributed by atoms with E-state index in [9.17, 15) is 0 Å². The van der Waals surface area contributed by atoms with Gasteiger partial charge in [-0.2, -0.15) is 0 Å². The van der Waals surface area contributed by atoms with E-state index in [0.717, 1.165) is 32.5 Å². The molecule has 0 N–H and O–H groups in total. The molecule has 160 valence electrons. The third kappa shape index (κ3) is 3.71. The molecule has 0 unspecified atom stereocenters. The van der Waals surface area contributed by atoms with Crippen molar-refractivity contribution in [1.82, 2.24) is 4.90 Å². The zero-order valence-electron chi connectivity index (χ0n) is 18.5. The highest BCUT2D eigenvalue weighted by Crippen LogP contribution is 2.63. The number of piperidine rings is 1. The molecule has 4 fully saturated rings. The topological polar surface area (TPSA) is 30.9 Å². The molecule has 4 rings (SSSR count). The van der Waals surface area contributed by atoms with Gasteiger partial charge in [-0.15, -0.1) is 0 Å². The molecule has 2 saturated carbocycles. The van der Waals surface area contributed by atoms with E-state index in [4.69, 9.17) is 14.2 Å². The summed E-state index contributed by atoms with van der Waals surface area (Å²) in [6.07, 6.45) is 8.98. The molecule has 6 atom stereocenters. The number of ether oxygens (including phenoxy) is 3. The average Bonchev–Trinajstić information content (AvgIpc) is 2.66. The minimum Gasteiger partial charge on any atom is -0.378 e. The fourth-order valence-electron chi connectivity index (χ4n) is 6.99. The lowest BCUT2D eigenvalue weighted by atomic mass is 9.46. The number of hydrogen-bond donors (Lipinski definition) is 0. The van der Waals surface area contributed by atoms with Crippen molar-refractivity contribution in [3.05, 3.63) is 12.2 Å². The summed E-state index contributed by atoms with van der Waals surface area (Å²) in [6.45, 7) is 15.6. The Labute approximate surface area is 172 Å². The van der Waals surface area contributed by atoms with Crippen LogP contribution in [0.2, 0.25) is 0 Å². The van der Waals surface area contributed by atoms with Gasteiger partial charge in [-0.3, -0.25) is 0 Å². The molecule has 0 amide bonds. The standard InChI is InChI=1S/C24H41NO3/c1-17-6-7-21-23(3,12-8-22-24(21,4)16-27-18(2)28-22)20(17)11-15-26-19-9-13-25(5)14-10-19/h18-22H,1,6-16H2,2-5H3/t18-,20-,21+,22-,23+,24+/m1/s1. The van der Waals surface area contributed by atoms with Crippen LogP contribution in [0.1, 0.15) is 65.7 Å². The largest absolute Gasteiger partial charge is 0.378 e. The summed E-state index contributed by atoms with van der Waals surface area (Å²) in [6, 6.07) is 0. The van der Waals surface area contributed by atoms with Gasteiger partial charge in [0.15, 0.2) is 6.29 Å². The molecular formula is C24H41NO3. The Hall–Kier alpha value is -0.420. The number of likely N-dealkylation sites (tertiary alicyclic amines) is 1. The van der Waals surface area contributed by atoms with Gasteiger partial charge in [-0.25, -0.2) is 0 Å². The van der Waals surface area contributed by atoms with Crippen LogP contribution < -0.4 is 0 Å². The second-order valence-electron chi connectivity index (χ2n) is 10.5. The van der Waals surface area contributed by atoms with Crippen molar-refractivity contribution < 1.29 is 14.2 Å². The van der Waals surface area contributed by atoms with Crippen molar-refractivity contribution in [1.29, 1.82) is 0 Å². The van der Waals surface area contributed by atoms with Crippen molar-refractivity contribution in [2.45, 2.75) is 84.2 Å². The van der Waals surface area contributed by atoms with Crippen LogP contribution in [0.15, 0.2) is 12.2 Å². The number of rotatable bonds is 4. The van der Waals surface area contributed by atoms with E-state index in [2.05, 4.69) is 32.4 Å². The average molecular weight is 392 g/mol. The van der Waals surface area contributed by atoms with E-state index in [1.54, 1.807) is 0 Å². The first-order valence-electron chi connectivity index (χ1n) is 11.6. The smallest absolute Gasteiger partial charge is 0.155 e. The van der Waals surface area contributed by atoms with Gasteiger partial charge >= 0.3 is 0 Å². The normalized spacial score (nSPS) is 45.5. The van der Waals surface area contributed by atoms with Crippen LogP contribution in [0, 0.1) is 22.7 Å². The molecular weight excluding hydrogens is 350 g/mol. The quantitative estimate of drug-likeness (QED) is 0.654. The molecule has 4 aliphatic rings. The highest BCUT2D eigenvalue weighted by molar-refractivity contribution is 5.18. The molecule has 0 aromatic carbocycles. The summed E-state index contributed by atoms with van der Waals surface area (Å²) in [4.78, 5) is 2.41. The number of nitrogens with zero attached hydrogens (tertiary/aromatic N) is 1. The Morgan fingerprint density at radius 1 is 1.14 bits per heavy atom. The lowest BCUT2D eigenvalue weighted by Gasteiger charge is -2.62. The van der Waals surface area contributed by atoms with Gasteiger partial charge < -0.3 is 19.1 Å². The Morgan fingerprint density at radius 2 is 1.89 bits per heavy atom. The van der Waals surface area contributed by atoms with Gasteiger partial charge in [0.25, 0.3) is 0 Å². The summed E-state index contributed by atoms with van der Waals surface area (Å²) in [7, 11) is 2.21. The van der Waals surface area contributed by atoms with Crippen LogP contribution in [0.4, 0.5) is 0 Å². The SMILES string of the molecule is C=C1CC[C@@H]2[C@]3(C)CO[C@@H](C)O[C@@H]3CC[C@@]2(C)[C@@H]1CCOC1CCN(C)CC1. The van der Waals surface area contributed by atoms with Crippen LogP contribution >= 0.6 is 0 Å². The first kappa shape index (κ1) is 20.8. The molecule has 2 aliphatic heterocycles. The molecule has 0 spiro atoms. The zero-order chi connectivity index (χ0) is 19.9. The summed E-state index contributed by atoms with van der Waals surface area (Å²) in [5.41, 5.74) is 1.89. The van der Waals surface area contributed by atoms with Gasteiger partial charge in [0, 0.05) is 25.1 Å². The third-order valence-electron chi connectivity index (χ3n) is 8.73. The molecule has 2 saturated heterocycles. The van der Waals surface area contributed by atoms with Gasteiger partial charge in [-0.1, -0.05) is 26.0 Å². The minimum atomic E-state index is -0.0558. The molecule has 0 radical (unpaired) electrons. The van der Waals surface area contributed by atoms with E-state index < -0.39 is 0 Å². The van der Waals surface area contributed by atoms with Crippen molar-refractivity contribution >= 4 is 0 Å². The monoisotopic (exact) mass is 391 g/mol. The number of allylic oxidation sites excluding steroid dienone is 1. The summed E-state index contributed by atoms with van der Waals surface area (Å²) < 4.78 is 18.6. The lowest BCUT2D eigenvalue weighted by molar-refractivity contribution is -0.297. The lowest BCUT2D eigenvalue weighted by Crippen LogP contribution is -2.61. The van der Waals surface area contributed by atoms with Gasteiger partial charge in [0.2, 0.25) is 0 Å². The molecule has 0 bridgehead atoms. The number of fused-ring (bicyclic) bond motifs is 3. The number of hydrogen-bond acceptors (Lipinski definition) is 4. The van der Waals surface area contributed by atoms with Gasteiger partial charge in [0.1, 0.15) is 0 Å². The van der Waals surface area contributed by atoms with E-state index in [1.165, 1.54) is 44.3 Å². The highest BCUT2D eigenvalue weighted by Gasteiger charge is 2.59. The Balaban J connectivity index is 1.42. The predicted octanol–water partition coefficient (Wildman–Crippen LogP) is 4.64. The van der Waals surface area contributed by atoms with Gasteiger partial charge in [0.05, 0.1) is 18.8 Å². The van der Waals surface area contributed by atoms with E-state index in [1.807, 2.05) is 6.92 Å². The fourth-order valence-corrected chi connectivity index (χ4v) is 6.99. The van der Waals surface area contributed by atoms with Crippen molar-refractivity contribution in [3.8, 4) is 0 Å². The third-order valence-corrected chi connectivity index (χ3v) is 8.73. The minimum absolute atomic E-state index is 0.0558. The van der Waals surface area contributed by atoms with Crippen LogP contribution in [0.5, 0.6) is 0 Å². The maximum atomic E-state index is 6.34. The predicted molar refractivity (Wildman–Crippen MR) is 112 cm³/mol. The Kier molecular flexibility index (Phi) is 5.97. The van der Waals surface area contributed by atoms with Gasteiger partial charge in [-0.05, 0) is 76.2 Å². The fraction of sp³-hybridized carbons (Fsp3) is 0.917. The van der Waals surface area contributed by atoms with Crippen LogP contribution in [0.25, 0.3) is 0 Å². The van der Waals surface area contributed by atoms with Crippen molar-refractivity contribution in [2.75, 3.05) is 33.4 Å². The second kappa shape index (κ2) is 8.02. The molecule has 2 heterocycles.